The van der Waals surface area contributed by atoms with Gasteiger partial charge >= 0.3 is 6.03 Å². The van der Waals surface area contributed by atoms with Gasteiger partial charge in [0.05, 0.1) is 17.9 Å². The molecule has 0 unspecified atom stereocenters. The Labute approximate surface area is 134 Å². The van der Waals surface area contributed by atoms with Crippen LogP contribution < -0.4 is 20.1 Å². The average molecular weight is 311 g/mol. The minimum absolute atomic E-state index is 0.0232. The molecular weight excluding hydrogens is 294 g/mol. The molecular formula is C17H17N3O3. The molecule has 0 atom stereocenters. The van der Waals surface area contributed by atoms with Crippen molar-refractivity contribution in [1.82, 2.24) is 5.32 Å². The normalized spacial score (nSPS) is 9.57. The van der Waals surface area contributed by atoms with Crippen molar-refractivity contribution in [3.63, 3.8) is 0 Å². The maximum Gasteiger partial charge on any atom is 0.321 e. The molecule has 6 nitrogen and oxygen atoms in total. The Bertz CT molecular complexity index is 710. The highest BCUT2D eigenvalue weighted by molar-refractivity contribution is 5.90. The van der Waals surface area contributed by atoms with E-state index in [0.717, 1.165) is 0 Å². The van der Waals surface area contributed by atoms with E-state index in [1.54, 1.807) is 36.4 Å². The molecule has 2 amide bonds. The van der Waals surface area contributed by atoms with Crippen LogP contribution in [0.15, 0.2) is 48.5 Å². The van der Waals surface area contributed by atoms with E-state index in [2.05, 4.69) is 10.6 Å². The summed E-state index contributed by atoms with van der Waals surface area (Å²) in [5.74, 6) is 1.17. The third-order valence-corrected chi connectivity index (χ3v) is 2.91. The first-order chi connectivity index (χ1) is 11.2. The first-order valence-corrected chi connectivity index (χ1v) is 7.13. The first-order valence-electron chi connectivity index (χ1n) is 7.13. The van der Waals surface area contributed by atoms with Crippen molar-refractivity contribution in [2.45, 2.75) is 6.92 Å². The molecule has 0 fully saturated rings. The SMILES string of the molecule is CCOc1ccccc1OCNC(=O)Nc1ccccc1C#N. The van der Waals surface area contributed by atoms with E-state index in [-0.39, 0.29) is 6.73 Å². The third kappa shape index (κ3) is 4.64. The minimum atomic E-state index is -0.457. The van der Waals surface area contributed by atoms with Crippen molar-refractivity contribution in [3.8, 4) is 17.6 Å². The maximum absolute atomic E-state index is 11.8. The Morgan fingerprint density at radius 1 is 1.09 bits per heavy atom. The molecule has 23 heavy (non-hydrogen) atoms. The Hall–Kier alpha value is -3.20. The van der Waals surface area contributed by atoms with E-state index in [1.807, 2.05) is 25.1 Å². The summed E-state index contributed by atoms with van der Waals surface area (Å²) in [6, 6.07) is 15.5. The molecule has 0 aromatic heterocycles. The summed E-state index contributed by atoms with van der Waals surface area (Å²) in [5.41, 5.74) is 0.840. The highest BCUT2D eigenvalue weighted by Crippen LogP contribution is 2.25. The van der Waals surface area contributed by atoms with Gasteiger partial charge in [0.1, 0.15) is 6.07 Å². The molecule has 0 spiro atoms. The fraction of sp³-hybridized carbons (Fsp3) is 0.176. The highest BCUT2D eigenvalue weighted by Gasteiger charge is 2.07. The summed E-state index contributed by atoms with van der Waals surface area (Å²) < 4.78 is 10.9. The number of urea groups is 1. The Morgan fingerprint density at radius 2 is 1.74 bits per heavy atom. The van der Waals surface area contributed by atoms with Gasteiger partial charge < -0.3 is 20.1 Å². The van der Waals surface area contributed by atoms with E-state index in [1.165, 1.54) is 0 Å². The Balaban J connectivity index is 1.87. The fourth-order valence-corrected chi connectivity index (χ4v) is 1.88. The smallest absolute Gasteiger partial charge is 0.321 e. The van der Waals surface area contributed by atoms with E-state index < -0.39 is 6.03 Å². The molecule has 2 aromatic rings. The first kappa shape index (κ1) is 16.2. The molecule has 0 radical (unpaired) electrons. The summed E-state index contributed by atoms with van der Waals surface area (Å²) in [6.45, 7) is 2.39. The molecule has 118 valence electrons. The van der Waals surface area contributed by atoms with Gasteiger partial charge in [0.15, 0.2) is 18.2 Å². The number of nitriles is 1. The van der Waals surface area contributed by atoms with Crippen LogP contribution in [0, 0.1) is 11.3 Å². The van der Waals surface area contributed by atoms with Gasteiger partial charge in [-0.25, -0.2) is 4.79 Å². The molecule has 2 aromatic carbocycles. The predicted octanol–water partition coefficient (Wildman–Crippen LogP) is 3.11. The van der Waals surface area contributed by atoms with Crippen molar-refractivity contribution in [1.29, 1.82) is 5.26 Å². The number of anilines is 1. The number of nitrogens with one attached hydrogen (secondary N) is 2. The Morgan fingerprint density at radius 3 is 2.43 bits per heavy atom. The second kappa shape index (κ2) is 8.29. The highest BCUT2D eigenvalue weighted by atomic mass is 16.5. The van der Waals surface area contributed by atoms with Crippen LogP contribution in [0.4, 0.5) is 10.5 Å². The zero-order valence-electron chi connectivity index (χ0n) is 12.7. The van der Waals surface area contributed by atoms with Crippen LogP contribution in [0.2, 0.25) is 0 Å². The minimum Gasteiger partial charge on any atom is -0.490 e. The number of para-hydroxylation sites is 3. The van der Waals surface area contributed by atoms with Gasteiger partial charge in [-0.1, -0.05) is 24.3 Å². The predicted molar refractivity (Wildman–Crippen MR) is 86.4 cm³/mol. The monoisotopic (exact) mass is 311 g/mol. The molecule has 2 rings (SSSR count). The summed E-state index contributed by atoms with van der Waals surface area (Å²) in [6.07, 6.45) is 0. The summed E-state index contributed by atoms with van der Waals surface area (Å²) in [7, 11) is 0. The largest absolute Gasteiger partial charge is 0.490 e. The molecule has 0 saturated heterocycles. The molecule has 0 heterocycles. The van der Waals surface area contributed by atoms with Crippen molar-refractivity contribution < 1.29 is 14.3 Å². The molecule has 2 N–H and O–H groups in total. The van der Waals surface area contributed by atoms with Gasteiger partial charge in [0, 0.05) is 0 Å². The average Bonchev–Trinajstić information content (AvgIpc) is 2.57. The molecule has 0 aliphatic carbocycles. The zero-order chi connectivity index (χ0) is 16.5. The van der Waals surface area contributed by atoms with Crippen LogP contribution in [0.25, 0.3) is 0 Å². The standard InChI is InChI=1S/C17H17N3O3/c1-2-22-15-9-5-6-10-16(15)23-12-19-17(21)20-14-8-4-3-7-13(14)11-18/h3-10H,2,12H2,1H3,(H2,19,20,21). The number of hydrogen-bond donors (Lipinski definition) is 2. The zero-order valence-corrected chi connectivity index (χ0v) is 12.7. The van der Waals surface area contributed by atoms with Gasteiger partial charge in [0.2, 0.25) is 0 Å². The third-order valence-electron chi connectivity index (χ3n) is 2.91. The van der Waals surface area contributed by atoms with Crippen molar-refractivity contribution >= 4 is 11.7 Å². The van der Waals surface area contributed by atoms with Crippen LogP contribution in [0.3, 0.4) is 0 Å². The van der Waals surface area contributed by atoms with Gasteiger partial charge in [-0.3, -0.25) is 0 Å². The summed E-state index contributed by atoms with van der Waals surface area (Å²) in [5, 5.41) is 14.1. The fourth-order valence-electron chi connectivity index (χ4n) is 1.88. The molecule has 6 heteroatoms. The summed E-state index contributed by atoms with van der Waals surface area (Å²) >= 11 is 0. The number of nitrogens with zero attached hydrogens (tertiary/aromatic N) is 1. The van der Waals surface area contributed by atoms with E-state index in [9.17, 15) is 4.79 Å². The molecule has 0 aliphatic rings. The van der Waals surface area contributed by atoms with E-state index in [4.69, 9.17) is 14.7 Å². The molecule has 0 bridgehead atoms. The van der Waals surface area contributed by atoms with Crippen molar-refractivity contribution in [3.05, 3.63) is 54.1 Å². The lowest BCUT2D eigenvalue weighted by Gasteiger charge is -2.13. The second-order valence-electron chi connectivity index (χ2n) is 4.46. The van der Waals surface area contributed by atoms with Gasteiger partial charge in [-0.2, -0.15) is 5.26 Å². The van der Waals surface area contributed by atoms with E-state index in [0.29, 0.717) is 29.4 Å². The van der Waals surface area contributed by atoms with Crippen LogP contribution in [0.1, 0.15) is 12.5 Å². The van der Waals surface area contributed by atoms with Crippen LogP contribution in [-0.2, 0) is 0 Å². The van der Waals surface area contributed by atoms with Crippen LogP contribution in [0.5, 0.6) is 11.5 Å². The molecule has 0 aliphatic heterocycles. The van der Waals surface area contributed by atoms with Gasteiger partial charge in [-0.05, 0) is 31.2 Å². The lowest BCUT2D eigenvalue weighted by Crippen LogP contribution is -2.32. The quantitative estimate of drug-likeness (QED) is 0.803. The number of rotatable bonds is 6. The maximum atomic E-state index is 11.8. The van der Waals surface area contributed by atoms with Crippen LogP contribution >= 0.6 is 0 Å². The molecule has 0 saturated carbocycles. The number of hydrogen-bond acceptors (Lipinski definition) is 4. The number of benzene rings is 2. The van der Waals surface area contributed by atoms with Crippen molar-refractivity contribution in [2.75, 3.05) is 18.7 Å². The van der Waals surface area contributed by atoms with Crippen LogP contribution in [-0.4, -0.2) is 19.4 Å². The number of carbonyl (C=O) groups is 1. The lowest BCUT2D eigenvalue weighted by molar-refractivity contribution is 0.229. The van der Waals surface area contributed by atoms with Gasteiger partial charge in [-0.15, -0.1) is 0 Å². The van der Waals surface area contributed by atoms with E-state index >= 15 is 0 Å². The number of ether oxygens (including phenoxy) is 2. The summed E-state index contributed by atoms with van der Waals surface area (Å²) in [4.78, 5) is 11.8. The van der Waals surface area contributed by atoms with Gasteiger partial charge in [0.25, 0.3) is 0 Å². The topological polar surface area (TPSA) is 83.4 Å². The second-order valence-corrected chi connectivity index (χ2v) is 4.46. The lowest BCUT2D eigenvalue weighted by atomic mass is 10.2. The Kier molecular flexibility index (Phi) is 5.83. The van der Waals surface area contributed by atoms with Crippen molar-refractivity contribution in [2.24, 2.45) is 0 Å². The number of carbonyl (C=O) groups excluding carboxylic acids is 1. The number of amides is 2.